The number of benzene rings is 1. The molecule has 1 rings (SSSR count). The zero-order chi connectivity index (χ0) is 13.7. The van der Waals surface area contributed by atoms with E-state index in [1.807, 2.05) is 6.92 Å². The minimum atomic E-state index is -0.211. The van der Waals surface area contributed by atoms with E-state index in [1.54, 1.807) is 18.2 Å². The van der Waals surface area contributed by atoms with Crippen molar-refractivity contribution in [1.29, 1.82) is 0 Å². The molecular weight excluding hydrogens is 250 g/mol. The summed E-state index contributed by atoms with van der Waals surface area (Å²) in [5.74, 6) is 0.226. The van der Waals surface area contributed by atoms with Crippen molar-refractivity contribution in [3.63, 3.8) is 0 Å². The summed E-state index contributed by atoms with van der Waals surface area (Å²) in [4.78, 5) is 12.0. The zero-order valence-electron chi connectivity index (χ0n) is 11.0. The lowest BCUT2D eigenvalue weighted by Gasteiger charge is -2.18. The number of rotatable bonds is 5. The Hall–Kier alpha value is -1.06. The Balaban J connectivity index is 2.74. The predicted octanol–water partition coefficient (Wildman–Crippen LogP) is 2.79. The van der Waals surface area contributed by atoms with Crippen molar-refractivity contribution in [3.05, 3.63) is 34.3 Å². The van der Waals surface area contributed by atoms with Crippen LogP contribution >= 0.6 is 11.6 Å². The van der Waals surface area contributed by atoms with Gasteiger partial charge in [-0.3, -0.25) is 4.79 Å². The second-order valence-electron chi connectivity index (χ2n) is 5.00. The molecule has 1 amide bonds. The minimum absolute atomic E-state index is 0.0521. The van der Waals surface area contributed by atoms with Crippen LogP contribution in [0.15, 0.2) is 18.2 Å². The molecule has 4 heteroatoms. The van der Waals surface area contributed by atoms with Crippen molar-refractivity contribution in [2.75, 3.05) is 6.61 Å². The van der Waals surface area contributed by atoms with E-state index < -0.39 is 0 Å². The number of amides is 1. The first-order valence-corrected chi connectivity index (χ1v) is 6.49. The van der Waals surface area contributed by atoms with Gasteiger partial charge in [-0.25, -0.2) is 0 Å². The first-order valence-electron chi connectivity index (χ1n) is 6.11. The number of nitrogens with one attached hydrogen (secondary N) is 1. The van der Waals surface area contributed by atoms with Gasteiger partial charge in [0.15, 0.2) is 0 Å². The molecular formula is C14H20ClNO2. The molecule has 0 aliphatic carbocycles. The summed E-state index contributed by atoms with van der Waals surface area (Å²) in [6.45, 7) is 5.94. The molecule has 0 saturated carbocycles. The predicted molar refractivity (Wildman–Crippen MR) is 74.0 cm³/mol. The molecule has 100 valence electrons. The fourth-order valence-corrected chi connectivity index (χ4v) is 2.17. The van der Waals surface area contributed by atoms with E-state index in [0.29, 0.717) is 16.5 Å². The van der Waals surface area contributed by atoms with Crippen molar-refractivity contribution in [2.45, 2.75) is 33.2 Å². The van der Waals surface area contributed by atoms with Crippen molar-refractivity contribution >= 4 is 17.5 Å². The highest BCUT2D eigenvalue weighted by Gasteiger charge is 2.14. The lowest BCUT2D eigenvalue weighted by molar-refractivity contribution is 0.0908. The number of aryl methyl sites for hydroxylation is 1. The molecule has 1 atom stereocenters. The highest BCUT2D eigenvalue weighted by molar-refractivity contribution is 6.31. The molecule has 0 saturated heterocycles. The van der Waals surface area contributed by atoms with Crippen LogP contribution in [0.25, 0.3) is 0 Å². The van der Waals surface area contributed by atoms with E-state index in [4.69, 9.17) is 11.6 Å². The van der Waals surface area contributed by atoms with Crippen molar-refractivity contribution in [3.8, 4) is 0 Å². The van der Waals surface area contributed by atoms with E-state index in [-0.39, 0.29) is 18.6 Å². The average Bonchev–Trinajstić information content (AvgIpc) is 2.26. The van der Waals surface area contributed by atoms with Crippen LogP contribution < -0.4 is 5.32 Å². The lowest BCUT2D eigenvalue weighted by atomic mass is 10.0. The molecule has 0 aliphatic heterocycles. The summed E-state index contributed by atoms with van der Waals surface area (Å²) in [7, 11) is 0. The van der Waals surface area contributed by atoms with Gasteiger partial charge in [0.05, 0.1) is 12.6 Å². The number of carbonyl (C=O) groups excluding carboxylic acids is 1. The fourth-order valence-electron chi connectivity index (χ4n) is 1.88. The van der Waals surface area contributed by atoms with Crippen LogP contribution in [-0.4, -0.2) is 23.7 Å². The van der Waals surface area contributed by atoms with Gasteiger partial charge >= 0.3 is 0 Å². The maximum absolute atomic E-state index is 12.0. The fraction of sp³-hybridized carbons (Fsp3) is 0.500. The number of halogens is 1. The number of hydrogen-bond donors (Lipinski definition) is 2. The van der Waals surface area contributed by atoms with Crippen LogP contribution in [-0.2, 0) is 0 Å². The Morgan fingerprint density at radius 3 is 2.56 bits per heavy atom. The summed E-state index contributed by atoms with van der Waals surface area (Å²) in [5.41, 5.74) is 1.47. The van der Waals surface area contributed by atoms with E-state index in [0.717, 1.165) is 12.0 Å². The summed E-state index contributed by atoms with van der Waals surface area (Å²) in [6, 6.07) is 5.01. The highest BCUT2D eigenvalue weighted by atomic mass is 35.5. The molecule has 0 spiro atoms. The standard InChI is InChI=1S/C14H20ClNO2/c1-9(2)4-13(8-17)16-14(18)11-5-10(3)6-12(15)7-11/h5-7,9,13,17H,4,8H2,1-3H3,(H,16,18). The van der Waals surface area contributed by atoms with Gasteiger partial charge in [-0.1, -0.05) is 25.4 Å². The molecule has 3 nitrogen and oxygen atoms in total. The van der Waals surface area contributed by atoms with Gasteiger partial charge in [0.1, 0.15) is 0 Å². The van der Waals surface area contributed by atoms with Gasteiger partial charge in [0.25, 0.3) is 5.91 Å². The van der Waals surface area contributed by atoms with Crippen LogP contribution in [0.1, 0.15) is 36.2 Å². The first kappa shape index (κ1) is 15.0. The van der Waals surface area contributed by atoms with Crippen LogP contribution in [0.2, 0.25) is 5.02 Å². The van der Waals surface area contributed by atoms with Crippen LogP contribution in [0.4, 0.5) is 0 Å². The average molecular weight is 270 g/mol. The number of aliphatic hydroxyl groups excluding tert-OH is 1. The Morgan fingerprint density at radius 1 is 1.39 bits per heavy atom. The van der Waals surface area contributed by atoms with Crippen LogP contribution in [0.5, 0.6) is 0 Å². The topological polar surface area (TPSA) is 49.3 Å². The van der Waals surface area contributed by atoms with E-state index in [9.17, 15) is 9.90 Å². The summed E-state index contributed by atoms with van der Waals surface area (Å²) < 4.78 is 0. The van der Waals surface area contributed by atoms with E-state index >= 15 is 0 Å². The van der Waals surface area contributed by atoms with Gasteiger partial charge in [-0.2, -0.15) is 0 Å². The molecule has 18 heavy (non-hydrogen) atoms. The number of carbonyl (C=O) groups is 1. The molecule has 1 aromatic carbocycles. The second kappa shape index (κ2) is 6.76. The maximum atomic E-state index is 12.0. The highest BCUT2D eigenvalue weighted by Crippen LogP contribution is 2.15. The molecule has 0 aliphatic rings. The van der Waals surface area contributed by atoms with Crippen molar-refractivity contribution in [2.24, 2.45) is 5.92 Å². The molecule has 2 N–H and O–H groups in total. The second-order valence-corrected chi connectivity index (χ2v) is 5.44. The molecule has 0 fully saturated rings. The van der Waals surface area contributed by atoms with Gasteiger partial charge in [0.2, 0.25) is 0 Å². The smallest absolute Gasteiger partial charge is 0.251 e. The monoisotopic (exact) mass is 269 g/mol. The quantitative estimate of drug-likeness (QED) is 0.864. The third kappa shape index (κ3) is 4.67. The Bertz CT molecular complexity index is 398. The molecule has 0 aromatic heterocycles. The van der Waals surface area contributed by atoms with Gasteiger partial charge in [-0.15, -0.1) is 0 Å². The third-order valence-corrected chi connectivity index (χ3v) is 2.83. The van der Waals surface area contributed by atoms with Gasteiger partial charge < -0.3 is 10.4 Å². The Kier molecular flexibility index (Phi) is 5.63. The van der Waals surface area contributed by atoms with E-state index in [2.05, 4.69) is 19.2 Å². The van der Waals surface area contributed by atoms with Crippen LogP contribution in [0.3, 0.4) is 0 Å². The van der Waals surface area contributed by atoms with Crippen LogP contribution in [0, 0.1) is 12.8 Å². The van der Waals surface area contributed by atoms with Gasteiger partial charge in [0, 0.05) is 10.6 Å². The van der Waals surface area contributed by atoms with E-state index in [1.165, 1.54) is 0 Å². The molecule has 0 bridgehead atoms. The Labute approximate surface area is 113 Å². The zero-order valence-corrected chi connectivity index (χ0v) is 11.8. The normalized spacial score (nSPS) is 12.6. The largest absolute Gasteiger partial charge is 0.394 e. The summed E-state index contributed by atoms with van der Waals surface area (Å²) in [6.07, 6.45) is 0.752. The third-order valence-electron chi connectivity index (χ3n) is 2.62. The SMILES string of the molecule is Cc1cc(Cl)cc(C(=O)NC(CO)CC(C)C)c1. The van der Waals surface area contributed by atoms with Gasteiger partial charge in [-0.05, 0) is 43.0 Å². The first-order chi connectivity index (χ1) is 8.42. The van der Waals surface area contributed by atoms with Crippen molar-refractivity contribution < 1.29 is 9.90 Å². The summed E-state index contributed by atoms with van der Waals surface area (Å²) >= 11 is 5.92. The molecule has 0 heterocycles. The molecule has 0 radical (unpaired) electrons. The molecule has 1 aromatic rings. The summed E-state index contributed by atoms with van der Waals surface area (Å²) in [5, 5.41) is 12.6. The maximum Gasteiger partial charge on any atom is 0.251 e. The Morgan fingerprint density at radius 2 is 2.06 bits per heavy atom. The number of aliphatic hydroxyl groups is 1. The minimum Gasteiger partial charge on any atom is -0.394 e. The lowest BCUT2D eigenvalue weighted by Crippen LogP contribution is -2.38. The number of hydrogen-bond acceptors (Lipinski definition) is 2. The van der Waals surface area contributed by atoms with Crippen molar-refractivity contribution in [1.82, 2.24) is 5.32 Å². The molecule has 1 unspecified atom stereocenters.